The van der Waals surface area contributed by atoms with Gasteiger partial charge in [-0.1, -0.05) is 24.3 Å². The van der Waals surface area contributed by atoms with Gasteiger partial charge in [0.05, 0.1) is 38.5 Å². The first-order valence-electron chi connectivity index (χ1n) is 9.89. The standard InChI is InChI=1S/C22H21N5O2S/c28-21(16-25-12-14-26(15-13-25)22-23-10-5-11-24-22)27-17-6-1-3-8-19(17)30(29)20-9-4-2-7-18(20)27/h1-11H,12-16H2. The molecule has 0 saturated carbocycles. The molecule has 1 amide bonds. The Balaban J connectivity index is 1.35. The smallest absolute Gasteiger partial charge is 0.245 e. The summed E-state index contributed by atoms with van der Waals surface area (Å²) in [7, 11) is -1.29. The van der Waals surface area contributed by atoms with Crippen LogP contribution < -0.4 is 9.80 Å². The molecule has 1 fully saturated rings. The van der Waals surface area contributed by atoms with E-state index < -0.39 is 10.8 Å². The third kappa shape index (κ3) is 3.38. The molecule has 0 radical (unpaired) electrons. The average Bonchev–Trinajstić information content (AvgIpc) is 2.80. The van der Waals surface area contributed by atoms with Crippen LogP contribution in [0, 0.1) is 0 Å². The third-order valence-electron chi connectivity index (χ3n) is 5.43. The van der Waals surface area contributed by atoms with E-state index in [1.54, 1.807) is 23.4 Å². The molecule has 1 aromatic heterocycles. The minimum atomic E-state index is -1.29. The molecule has 5 rings (SSSR count). The number of rotatable bonds is 3. The van der Waals surface area contributed by atoms with Crippen LogP contribution in [0.25, 0.3) is 0 Å². The highest BCUT2D eigenvalue weighted by atomic mass is 32.2. The van der Waals surface area contributed by atoms with Crippen LogP contribution in [0.4, 0.5) is 17.3 Å². The number of hydrogen-bond donors (Lipinski definition) is 0. The molecule has 0 bridgehead atoms. The van der Waals surface area contributed by atoms with Crippen LogP contribution in [0.2, 0.25) is 0 Å². The lowest BCUT2D eigenvalue weighted by Gasteiger charge is -2.36. The van der Waals surface area contributed by atoms with Gasteiger partial charge in [0.1, 0.15) is 0 Å². The van der Waals surface area contributed by atoms with Gasteiger partial charge in [-0.25, -0.2) is 14.2 Å². The molecule has 0 atom stereocenters. The summed E-state index contributed by atoms with van der Waals surface area (Å²) >= 11 is 0. The van der Waals surface area contributed by atoms with E-state index in [4.69, 9.17) is 0 Å². The minimum Gasteiger partial charge on any atom is -0.338 e. The van der Waals surface area contributed by atoms with E-state index in [1.165, 1.54) is 0 Å². The van der Waals surface area contributed by atoms with Gasteiger partial charge in [0.15, 0.2) is 0 Å². The second kappa shape index (κ2) is 7.97. The maximum atomic E-state index is 13.4. The van der Waals surface area contributed by atoms with Crippen molar-refractivity contribution >= 4 is 34.0 Å². The molecular formula is C22H21N5O2S. The second-order valence-electron chi connectivity index (χ2n) is 7.25. The number of benzene rings is 2. The van der Waals surface area contributed by atoms with Crippen LogP contribution >= 0.6 is 0 Å². The minimum absolute atomic E-state index is 0.0176. The molecule has 8 heteroatoms. The molecule has 3 heterocycles. The van der Waals surface area contributed by atoms with Gasteiger partial charge in [0.2, 0.25) is 11.9 Å². The predicted molar refractivity (Wildman–Crippen MR) is 115 cm³/mol. The Morgan fingerprint density at radius 2 is 1.40 bits per heavy atom. The van der Waals surface area contributed by atoms with Crippen molar-refractivity contribution in [2.45, 2.75) is 9.79 Å². The molecule has 3 aromatic rings. The third-order valence-corrected chi connectivity index (χ3v) is 6.92. The highest BCUT2D eigenvalue weighted by Crippen LogP contribution is 2.41. The van der Waals surface area contributed by atoms with Crippen molar-refractivity contribution in [2.75, 3.05) is 42.5 Å². The van der Waals surface area contributed by atoms with Crippen LogP contribution in [0.3, 0.4) is 0 Å². The monoisotopic (exact) mass is 419 g/mol. The topological polar surface area (TPSA) is 69.6 Å². The van der Waals surface area contributed by atoms with Crippen molar-refractivity contribution < 1.29 is 9.00 Å². The maximum Gasteiger partial charge on any atom is 0.245 e. The number of carbonyl (C=O) groups is 1. The summed E-state index contributed by atoms with van der Waals surface area (Å²) in [5.74, 6) is 0.709. The molecule has 0 spiro atoms. The maximum absolute atomic E-state index is 13.4. The Kier molecular flexibility index (Phi) is 5.02. The summed E-state index contributed by atoms with van der Waals surface area (Å²) in [6.07, 6.45) is 3.49. The number of piperazine rings is 1. The highest BCUT2D eigenvalue weighted by molar-refractivity contribution is 7.85. The van der Waals surface area contributed by atoms with E-state index in [9.17, 15) is 9.00 Å². The number of nitrogens with zero attached hydrogens (tertiary/aromatic N) is 5. The largest absolute Gasteiger partial charge is 0.338 e. The van der Waals surface area contributed by atoms with Gasteiger partial charge in [-0.2, -0.15) is 0 Å². The Hall–Kier alpha value is -3.10. The van der Waals surface area contributed by atoms with Crippen molar-refractivity contribution in [3.8, 4) is 0 Å². The molecule has 2 aliphatic rings. The zero-order chi connectivity index (χ0) is 20.5. The van der Waals surface area contributed by atoms with Crippen molar-refractivity contribution in [3.63, 3.8) is 0 Å². The first-order valence-corrected chi connectivity index (χ1v) is 11.0. The number of carbonyl (C=O) groups excluding carboxylic acids is 1. The van der Waals surface area contributed by atoms with E-state index in [0.29, 0.717) is 27.7 Å². The van der Waals surface area contributed by atoms with Crippen molar-refractivity contribution in [1.82, 2.24) is 14.9 Å². The van der Waals surface area contributed by atoms with Crippen molar-refractivity contribution in [1.29, 1.82) is 0 Å². The fraction of sp³-hybridized carbons (Fsp3) is 0.227. The molecule has 2 aromatic carbocycles. The lowest BCUT2D eigenvalue weighted by Crippen LogP contribution is -2.50. The first-order chi connectivity index (χ1) is 14.7. The van der Waals surface area contributed by atoms with E-state index in [0.717, 1.165) is 32.1 Å². The van der Waals surface area contributed by atoms with E-state index in [2.05, 4.69) is 19.8 Å². The summed E-state index contributed by atoms with van der Waals surface area (Å²) < 4.78 is 13.0. The summed E-state index contributed by atoms with van der Waals surface area (Å²) in [4.78, 5) is 29.4. The number of amides is 1. The van der Waals surface area contributed by atoms with Gasteiger partial charge < -0.3 is 4.90 Å². The van der Waals surface area contributed by atoms with E-state index in [1.807, 2.05) is 48.5 Å². The highest BCUT2D eigenvalue weighted by Gasteiger charge is 2.32. The van der Waals surface area contributed by atoms with E-state index in [-0.39, 0.29) is 5.91 Å². The first kappa shape index (κ1) is 18.9. The van der Waals surface area contributed by atoms with Crippen LogP contribution in [0.15, 0.2) is 76.8 Å². The quantitative estimate of drug-likeness (QED) is 0.650. The van der Waals surface area contributed by atoms with Gasteiger partial charge in [-0.3, -0.25) is 14.6 Å². The predicted octanol–water partition coefficient (Wildman–Crippen LogP) is 2.44. The normalized spacial score (nSPS) is 16.8. The fourth-order valence-corrected chi connectivity index (χ4v) is 5.28. The van der Waals surface area contributed by atoms with Crippen molar-refractivity contribution in [3.05, 3.63) is 67.0 Å². The molecule has 0 aliphatic carbocycles. The average molecular weight is 420 g/mol. The molecular weight excluding hydrogens is 398 g/mol. The SMILES string of the molecule is O=C(CN1CCN(c2ncccn2)CC1)N1c2ccccc2S(=O)c2ccccc21. The molecule has 2 aliphatic heterocycles. The zero-order valence-electron chi connectivity index (χ0n) is 16.3. The second-order valence-corrected chi connectivity index (χ2v) is 8.66. The van der Waals surface area contributed by atoms with Gasteiger partial charge in [-0.05, 0) is 30.3 Å². The molecule has 30 heavy (non-hydrogen) atoms. The van der Waals surface area contributed by atoms with Gasteiger partial charge in [0, 0.05) is 38.6 Å². The summed E-state index contributed by atoms with van der Waals surface area (Å²) in [6.45, 7) is 3.36. The van der Waals surface area contributed by atoms with Crippen molar-refractivity contribution in [2.24, 2.45) is 0 Å². The summed E-state index contributed by atoms with van der Waals surface area (Å²) in [6, 6.07) is 16.7. The lowest BCUT2D eigenvalue weighted by molar-refractivity contribution is -0.119. The van der Waals surface area contributed by atoms with Crippen LogP contribution in [0.1, 0.15) is 0 Å². The molecule has 7 nitrogen and oxygen atoms in total. The number of aromatic nitrogens is 2. The van der Waals surface area contributed by atoms with Gasteiger partial charge in [-0.15, -0.1) is 0 Å². The fourth-order valence-electron chi connectivity index (χ4n) is 3.94. The van der Waals surface area contributed by atoms with Crippen LogP contribution in [-0.2, 0) is 15.6 Å². The van der Waals surface area contributed by atoms with Crippen LogP contribution in [-0.4, -0.2) is 57.7 Å². The number of hydrogen-bond acceptors (Lipinski definition) is 6. The Morgan fingerprint density at radius 1 is 0.833 bits per heavy atom. The van der Waals surface area contributed by atoms with Crippen LogP contribution in [0.5, 0.6) is 0 Å². The molecule has 1 saturated heterocycles. The van der Waals surface area contributed by atoms with Gasteiger partial charge >= 0.3 is 0 Å². The lowest BCUT2D eigenvalue weighted by atomic mass is 10.2. The number of fused-ring (bicyclic) bond motifs is 2. The summed E-state index contributed by atoms with van der Waals surface area (Å²) in [5.41, 5.74) is 1.41. The number of anilines is 3. The molecule has 0 N–H and O–H groups in total. The number of para-hydroxylation sites is 2. The molecule has 0 unspecified atom stereocenters. The Morgan fingerprint density at radius 3 is 2.00 bits per heavy atom. The van der Waals surface area contributed by atoms with E-state index >= 15 is 0 Å². The zero-order valence-corrected chi connectivity index (χ0v) is 17.2. The summed E-state index contributed by atoms with van der Waals surface area (Å²) in [5, 5.41) is 0. The Labute approximate surface area is 177 Å². The van der Waals surface area contributed by atoms with Gasteiger partial charge in [0.25, 0.3) is 0 Å². The Bertz CT molecular complexity index is 1050. The molecule has 152 valence electrons.